The van der Waals surface area contributed by atoms with E-state index in [0.29, 0.717) is 31.0 Å². The van der Waals surface area contributed by atoms with Gasteiger partial charge in [-0.05, 0) is 6.07 Å². The predicted octanol–water partition coefficient (Wildman–Crippen LogP) is 1.17. The number of halogens is 3. The molecule has 0 amide bonds. The molecule has 0 bridgehead atoms. The Bertz CT molecular complexity index is 651. The topological polar surface area (TPSA) is 72.9 Å². The molecule has 2 N–H and O–H groups in total. The van der Waals surface area contributed by atoms with Crippen LogP contribution in [0.1, 0.15) is 17.1 Å². The van der Waals surface area contributed by atoms with E-state index >= 15 is 0 Å². The first kappa shape index (κ1) is 13.8. The number of aromatic nitrogens is 4. The van der Waals surface area contributed by atoms with Crippen LogP contribution in [0.3, 0.4) is 0 Å². The molecule has 0 atom stereocenters. The maximum atomic E-state index is 12.8. The number of pyridine rings is 1. The van der Waals surface area contributed by atoms with Crippen LogP contribution in [0.2, 0.25) is 0 Å². The third-order valence-corrected chi connectivity index (χ3v) is 3.40. The van der Waals surface area contributed by atoms with Gasteiger partial charge < -0.3 is 15.2 Å². The van der Waals surface area contributed by atoms with Crippen LogP contribution in [0.4, 0.5) is 19.0 Å². The molecule has 0 spiro atoms. The molecule has 0 aromatic carbocycles. The standard InChI is InChI=1S/C12H13F3N6/c13-12(14,15)9-2-1-8(5-16)11(18-9)20-3-4-21-7-17-19-10(21)6-20/h1-2,7H,3-6,16H2. The zero-order chi connectivity index (χ0) is 15.0. The lowest BCUT2D eigenvalue weighted by molar-refractivity contribution is -0.141. The van der Waals surface area contributed by atoms with Gasteiger partial charge in [-0.3, -0.25) is 0 Å². The lowest BCUT2D eigenvalue weighted by atomic mass is 10.2. The lowest BCUT2D eigenvalue weighted by Gasteiger charge is -2.29. The quantitative estimate of drug-likeness (QED) is 0.901. The Labute approximate surface area is 118 Å². The van der Waals surface area contributed by atoms with Crippen molar-refractivity contribution in [3.8, 4) is 0 Å². The second-order valence-electron chi connectivity index (χ2n) is 4.74. The first-order chi connectivity index (χ1) is 9.99. The number of fused-ring (bicyclic) bond motifs is 1. The van der Waals surface area contributed by atoms with Gasteiger partial charge in [0.05, 0.1) is 6.54 Å². The fraction of sp³-hybridized carbons (Fsp3) is 0.417. The summed E-state index contributed by atoms with van der Waals surface area (Å²) in [6.07, 6.45) is -2.87. The number of nitrogens with two attached hydrogens (primary N) is 1. The minimum atomic E-state index is -4.47. The number of hydrogen-bond donors (Lipinski definition) is 1. The van der Waals surface area contributed by atoms with E-state index in [2.05, 4.69) is 15.2 Å². The average molecular weight is 298 g/mol. The Morgan fingerprint density at radius 2 is 2.05 bits per heavy atom. The fourth-order valence-corrected chi connectivity index (χ4v) is 2.32. The molecule has 0 unspecified atom stereocenters. The molecule has 2 aromatic heterocycles. The third-order valence-electron chi connectivity index (χ3n) is 3.40. The smallest absolute Gasteiger partial charge is 0.347 e. The summed E-state index contributed by atoms with van der Waals surface area (Å²) in [5.41, 5.74) is 5.27. The van der Waals surface area contributed by atoms with Crippen molar-refractivity contribution in [3.05, 3.63) is 35.5 Å². The van der Waals surface area contributed by atoms with E-state index in [1.807, 2.05) is 4.57 Å². The Kier molecular flexibility index (Phi) is 3.28. The summed E-state index contributed by atoms with van der Waals surface area (Å²) in [7, 11) is 0. The summed E-state index contributed by atoms with van der Waals surface area (Å²) in [4.78, 5) is 5.51. The molecule has 21 heavy (non-hydrogen) atoms. The highest BCUT2D eigenvalue weighted by molar-refractivity contribution is 5.48. The van der Waals surface area contributed by atoms with Crippen LogP contribution in [0.25, 0.3) is 0 Å². The second-order valence-corrected chi connectivity index (χ2v) is 4.74. The second kappa shape index (κ2) is 4.99. The predicted molar refractivity (Wildman–Crippen MR) is 68.2 cm³/mol. The van der Waals surface area contributed by atoms with Gasteiger partial charge >= 0.3 is 6.18 Å². The first-order valence-corrected chi connectivity index (χ1v) is 6.38. The van der Waals surface area contributed by atoms with Crippen molar-refractivity contribution in [2.75, 3.05) is 11.4 Å². The highest BCUT2D eigenvalue weighted by atomic mass is 19.4. The Hall–Kier alpha value is -2.16. The summed E-state index contributed by atoms with van der Waals surface area (Å²) < 4.78 is 40.3. The van der Waals surface area contributed by atoms with Gasteiger partial charge in [0.1, 0.15) is 17.8 Å². The van der Waals surface area contributed by atoms with E-state index in [1.165, 1.54) is 6.07 Å². The number of hydrogen-bond acceptors (Lipinski definition) is 5. The van der Waals surface area contributed by atoms with E-state index < -0.39 is 11.9 Å². The summed E-state index contributed by atoms with van der Waals surface area (Å²) in [5.74, 6) is 0.963. The van der Waals surface area contributed by atoms with Crippen LogP contribution in [-0.2, 0) is 25.8 Å². The van der Waals surface area contributed by atoms with Gasteiger partial charge in [-0.15, -0.1) is 10.2 Å². The molecule has 2 aromatic rings. The van der Waals surface area contributed by atoms with Crippen molar-refractivity contribution in [2.45, 2.75) is 25.8 Å². The van der Waals surface area contributed by atoms with Crippen molar-refractivity contribution < 1.29 is 13.2 Å². The SMILES string of the molecule is NCc1ccc(C(F)(F)F)nc1N1CCn2cnnc2C1. The summed E-state index contributed by atoms with van der Waals surface area (Å²) in [6.45, 7) is 1.63. The van der Waals surface area contributed by atoms with E-state index in [-0.39, 0.29) is 12.4 Å². The van der Waals surface area contributed by atoms with Crippen LogP contribution >= 0.6 is 0 Å². The maximum absolute atomic E-state index is 12.8. The lowest BCUT2D eigenvalue weighted by Crippen LogP contribution is -2.35. The number of nitrogens with zero attached hydrogens (tertiary/aromatic N) is 5. The van der Waals surface area contributed by atoms with Gasteiger partial charge in [0.2, 0.25) is 0 Å². The maximum Gasteiger partial charge on any atom is 0.433 e. The molecule has 0 radical (unpaired) electrons. The summed E-state index contributed by atoms with van der Waals surface area (Å²) >= 11 is 0. The van der Waals surface area contributed by atoms with Gasteiger partial charge in [-0.1, -0.05) is 6.07 Å². The average Bonchev–Trinajstić information content (AvgIpc) is 2.93. The van der Waals surface area contributed by atoms with E-state index in [9.17, 15) is 13.2 Å². The minimum Gasteiger partial charge on any atom is -0.347 e. The number of alkyl halides is 3. The molecule has 1 aliphatic rings. The van der Waals surface area contributed by atoms with E-state index in [0.717, 1.165) is 6.07 Å². The van der Waals surface area contributed by atoms with Crippen LogP contribution < -0.4 is 10.6 Å². The van der Waals surface area contributed by atoms with Gasteiger partial charge in [0.25, 0.3) is 0 Å². The van der Waals surface area contributed by atoms with Gasteiger partial charge in [-0.2, -0.15) is 13.2 Å². The van der Waals surface area contributed by atoms with Crippen LogP contribution in [0, 0.1) is 0 Å². The third kappa shape index (κ3) is 2.56. The summed E-state index contributed by atoms with van der Waals surface area (Å²) in [5, 5.41) is 7.74. The number of anilines is 1. The molecule has 9 heteroatoms. The highest BCUT2D eigenvalue weighted by Crippen LogP contribution is 2.31. The normalized spacial score (nSPS) is 15.1. The van der Waals surface area contributed by atoms with Gasteiger partial charge in [-0.25, -0.2) is 4.98 Å². The Balaban J connectivity index is 1.97. The van der Waals surface area contributed by atoms with Crippen LogP contribution in [-0.4, -0.2) is 26.3 Å². The van der Waals surface area contributed by atoms with Crippen molar-refractivity contribution in [2.24, 2.45) is 5.73 Å². The minimum absolute atomic E-state index is 0.129. The molecule has 0 fully saturated rings. The first-order valence-electron chi connectivity index (χ1n) is 6.38. The van der Waals surface area contributed by atoms with Gasteiger partial charge in [0.15, 0.2) is 5.82 Å². The monoisotopic (exact) mass is 298 g/mol. The van der Waals surface area contributed by atoms with Crippen molar-refractivity contribution >= 4 is 5.82 Å². The highest BCUT2D eigenvalue weighted by Gasteiger charge is 2.34. The molecule has 6 nitrogen and oxygen atoms in total. The summed E-state index contributed by atoms with van der Waals surface area (Å²) in [6, 6.07) is 2.34. The molecule has 0 saturated heterocycles. The molecular formula is C12H13F3N6. The number of rotatable bonds is 2. The van der Waals surface area contributed by atoms with E-state index in [1.54, 1.807) is 11.2 Å². The zero-order valence-electron chi connectivity index (χ0n) is 11.0. The largest absolute Gasteiger partial charge is 0.433 e. The molecule has 3 heterocycles. The van der Waals surface area contributed by atoms with Gasteiger partial charge in [0, 0.05) is 25.2 Å². The molecular weight excluding hydrogens is 285 g/mol. The van der Waals surface area contributed by atoms with Crippen molar-refractivity contribution in [1.29, 1.82) is 0 Å². The van der Waals surface area contributed by atoms with E-state index in [4.69, 9.17) is 5.73 Å². The molecule has 0 aliphatic carbocycles. The van der Waals surface area contributed by atoms with Crippen molar-refractivity contribution in [1.82, 2.24) is 19.7 Å². The molecule has 3 rings (SSSR count). The Morgan fingerprint density at radius 1 is 1.24 bits per heavy atom. The Morgan fingerprint density at radius 3 is 2.76 bits per heavy atom. The zero-order valence-corrected chi connectivity index (χ0v) is 11.0. The molecule has 0 saturated carbocycles. The van der Waals surface area contributed by atoms with Crippen LogP contribution in [0.5, 0.6) is 0 Å². The van der Waals surface area contributed by atoms with Crippen molar-refractivity contribution in [3.63, 3.8) is 0 Å². The van der Waals surface area contributed by atoms with Crippen LogP contribution in [0.15, 0.2) is 18.5 Å². The fourth-order valence-electron chi connectivity index (χ4n) is 2.32. The molecule has 1 aliphatic heterocycles. The molecule has 112 valence electrons.